The van der Waals surface area contributed by atoms with Crippen LogP contribution >= 0.6 is 103 Å². The highest BCUT2D eigenvalue weighted by Crippen LogP contribution is 2.58. The van der Waals surface area contributed by atoms with Crippen molar-refractivity contribution >= 4 is 169 Å². The predicted molar refractivity (Wildman–Crippen MR) is 502 cm³/mol. The second-order valence-electron chi connectivity index (χ2n) is 35.4. The maximum absolute atomic E-state index is 14.5. The molecular formula is C98H124Cl4N6O8S5. The van der Waals surface area contributed by atoms with Gasteiger partial charge in [-0.2, -0.15) is 8.75 Å². The van der Waals surface area contributed by atoms with Crippen LogP contribution in [0, 0.1) is 83.1 Å². The Morgan fingerprint density at radius 1 is 0.455 bits per heavy atom. The topological polar surface area (TPSA) is 187 Å². The quantitative estimate of drug-likeness (QED) is 0.00880. The van der Waals surface area contributed by atoms with Crippen LogP contribution in [0.2, 0.25) is 0 Å². The lowest BCUT2D eigenvalue weighted by molar-refractivity contribution is -0.152. The van der Waals surface area contributed by atoms with E-state index in [1.165, 1.54) is 177 Å². The molecule has 0 N–H and O–H groups in total. The molecule has 14 nitrogen and oxygen atoms in total. The second kappa shape index (κ2) is 47.8. The third kappa shape index (κ3) is 24.6. The molecule has 0 aliphatic heterocycles. The molecule has 0 radical (unpaired) electrons. The number of benzene rings is 1. The smallest absolute Gasteiger partial charge is 0.308 e. The number of hydrogen-bond donors (Lipinski definition) is 0. The Morgan fingerprint density at radius 3 is 1.07 bits per heavy atom. The number of hydrogen-bond acceptors (Lipinski definition) is 17. The number of carbonyl (C=O) groups excluding carboxylic acids is 4. The van der Waals surface area contributed by atoms with Crippen molar-refractivity contribution in [3.63, 3.8) is 0 Å². The lowest BCUT2D eigenvalue weighted by atomic mass is 9.79. The van der Waals surface area contributed by atoms with Crippen molar-refractivity contribution in [2.75, 3.05) is 13.2 Å². The van der Waals surface area contributed by atoms with Crippen LogP contribution in [0.5, 0.6) is 11.5 Å². The van der Waals surface area contributed by atoms with E-state index in [9.17, 15) is 29.7 Å². The summed E-state index contributed by atoms with van der Waals surface area (Å²) in [5.74, 6) is -1.09. The first-order valence-electron chi connectivity index (χ1n) is 46.2. The fourth-order valence-corrected chi connectivity index (χ4v) is 26.2. The molecule has 23 heteroatoms. The summed E-state index contributed by atoms with van der Waals surface area (Å²) in [5, 5.41) is 19.0. The summed E-state index contributed by atoms with van der Waals surface area (Å²) in [6, 6.07) is 12.6. The van der Waals surface area contributed by atoms with Gasteiger partial charge >= 0.3 is 11.9 Å². The van der Waals surface area contributed by atoms with Crippen LogP contribution in [0.15, 0.2) is 58.0 Å². The van der Waals surface area contributed by atoms with E-state index in [2.05, 4.69) is 73.8 Å². The number of aromatic nitrogens is 2. The number of halogens is 4. The van der Waals surface area contributed by atoms with Crippen LogP contribution in [-0.2, 0) is 28.7 Å². The van der Waals surface area contributed by atoms with Crippen molar-refractivity contribution in [1.82, 2.24) is 8.75 Å². The van der Waals surface area contributed by atoms with Crippen LogP contribution in [0.3, 0.4) is 0 Å². The first-order chi connectivity index (χ1) is 59.0. The fraction of sp³-hybridized carbons (Fsp3) is 0.653. The average molecular weight is 1820 g/mol. The van der Waals surface area contributed by atoms with Gasteiger partial charge in [0.2, 0.25) is 0 Å². The standard InChI is InChI=1S/C98H124Cl4N6O8S5/c1-7-11-15-19-23-25-29-33-37-61(35-31-27-21-17-13-9-3)59-113-97(111)63-39-43-65(44-40-63)115-95-89(85-55-83-81(119-85)49-67(117-83)47-73-87(79(57-103)105-5)69-51-75(99)77(101)53-71(69)93(73)109)91-92(108-121-107-91)90(86-56-84-82(120-86)50-68(118-84)48-74-88(80(58-104)106-6)70-52-76(100)78(102)54-72(70)94(74)110)96(95)116-66-45-41-64(42-46-66)98(112)114-60-62(36-32-28-22-18-14-10-4)38-34-30-26-24-20-16-12-8-2/h47-50,55-56,61-66,69-72,75-78H,7-46,51-54,59-60H2,1-4H3/b73-47-,74-48-,87-79-,88-80+. The minimum atomic E-state index is -0.483. The minimum absolute atomic E-state index is 0.103. The molecule has 1 aromatic carbocycles. The van der Waals surface area contributed by atoms with Gasteiger partial charge in [-0.05, 0) is 174 Å². The molecule has 6 saturated carbocycles. The fourth-order valence-electron chi connectivity index (χ4n) is 19.7. The Kier molecular flexibility index (Phi) is 37.3. The summed E-state index contributed by atoms with van der Waals surface area (Å²) in [4.78, 5) is 68.6. The van der Waals surface area contributed by atoms with E-state index in [4.69, 9.17) is 87.2 Å². The molecule has 0 spiro atoms. The maximum atomic E-state index is 14.5. The molecule has 5 heterocycles. The number of alkyl halides is 4. The van der Waals surface area contributed by atoms with E-state index in [0.29, 0.717) is 147 Å². The van der Waals surface area contributed by atoms with Gasteiger partial charge < -0.3 is 18.9 Å². The number of rotatable bonds is 46. The number of allylic oxidation sites excluding steroid dienone is 6. The van der Waals surface area contributed by atoms with Gasteiger partial charge in [-0.1, -0.05) is 207 Å². The number of Topliss-reactive ketones (excluding diaryl/α,β-unsaturated/α-hetero) is 2. The second-order valence-corrected chi connectivity index (χ2v) is 42.6. The molecule has 0 saturated heterocycles. The molecule has 0 amide bonds. The number of thiophene rings is 4. The average Bonchev–Trinajstić information content (AvgIpc) is 1.61. The zero-order chi connectivity index (χ0) is 85.3. The van der Waals surface area contributed by atoms with Crippen LogP contribution in [0.4, 0.5) is 0 Å². The van der Waals surface area contributed by atoms with Gasteiger partial charge in [0, 0.05) is 61.3 Å². The van der Waals surface area contributed by atoms with Gasteiger partial charge in [0.25, 0.3) is 11.4 Å². The lowest BCUT2D eigenvalue weighted by Crippen LogP contribution is -2.33. The van der Waals surface area contributed by atoms with Crippen LogP contribution < -0.4 is 9.47 Å². The van der Waals surface area contributed by atoms with Crippen LogP contribution in [0.25, 0.3) is 72.6 Å². The highest BCUT2D eigenvalue weighted by Gasteiger charge is 2.51. The SMILES string of the molecule is [C-]#[N+]/C(C#N)=C1\C(=C\c2cc3sc(-c4c(OC5CCC(C(=O)OCC(CCCCCCCC)CCCCCCCCCC)CC5)c(OC5CCC(C(=O)OCC(CCCCCCCC)CCCCCCCCCC)CC5)c(-c5cc6sc(/C=C7\C(=O)C8CC(Cl)C(Cl)CC8\C7=C(\C#N)[N+]#[C-])cc6s5)c5nsnc45)cc3s2)C(=O)C2CC(Cl)C(Cl)CC12. The van der Waals surface area contributed by atoms with E-state index < -0.39 is 33.3 Å². The van der Waals surface area contributed by atoms with Gasteiger partial charge in [-0.3, -0.25) is 19.2 Å². The summed E-state index contributed by atoms with van der Waals surface area (Å²) in [7, 11) is 0. The normalized spacial score (nSPS) is 25.0. The summed E-state index contributed by atoms with van der Waals surface area (Å²) < 4.78 is 42.4. The van der Waals surface area contributed by atoms with Crippen molar-refractivity contribution in [3.8, 4) is 44.5 Å². The number of unbranched alkanes of at least 4 members (excludes halogenated alkanes) is 24. The third-order valence-electron chi connectivity index (χ3n) is 26.7. The van der Waals surface area contributed by atoms with E-state index in [-0.39, 0.29) is 70.8 Å². The number of fused-ring (bicyclic) bond motifs is 5. The Morgan fingerprint density at radius 2 is 0.760 bits per heavy atom. The first-order valence-corrected chi connectivity index (χ1v) is 51.9. The van der Waals surface area contributed by atoms with Crippen LogP contribution in [-0.4, -0.2) is 79.2 Å². The highest BCUT2D eigenvalue weighted by molar-refractivity contribution is 7.30. The van der Waals surface area contributed by atoms with Gasteiger partial charge in [-0.15, -0.1) is 91.8 Å². The summed E-state index contributed by atoms with van der Waals surface area (Å²) >= 11 is 34.3. The number of nitrogens with zero attached hydrogens (tertiary/aromatic N) is 6. The van der Waals surface area contributed by atoms with Gasteiger partial charge in [0.15, 0.2) is 23.1 Å². The molecule has 5 aromatic heterocycles. The van der Waals surface area contributed by atoms with E-state index in [1.54, 1.807) is 22.7 Å². The Balaban J connectivity index is 0.881. The number of esters is 2. The predicted octanol–water partition coefficient (Wildman–Crippen LogP) is 30.1. The molecule has 6 aliphatic rings. The maximum Gasteiger partial charge on any atom is 0.308 e. The molecule has 652 valence electrons. The molecule has 0 bridgehead atoms. The molecular weight excluding hydrogens is 1690 g/mol. The first kappa shape index (κ1) is 94.5. The van der Waals surface area contributed by atoms with Gasteiger partial charge in [0.05, 0.1) is 107 Å². The zero-order valence-electron chi connectivity index (χ0n) is 71.6. The van der Waals surface area contributed by atoms with Gasteiger partial charge in [-0.25, -0.2) is 20.2 Å². The van der Waals surface area contributed by atoms with Crippen LogP contribution in [0.1, 0.15) is 320 Å². The highest BCUT2D eigenvalue weighted by atomic mass is 35.5. The number of carbonyl (C=O) groups is 4. The van der Waals surface area contributed by atoms with Crippen molar-refractivity contribution in [1.29, 1.82) is 10.5 Å². The minimum Gasteiger partial charge on any atom is -0.486 e. The molecule has 6 aromatic rings. The van der Waals surface area contributed by atoms with Crippen molar-refractivity contribution in [2.45, 2.75) is 344 Å². The summed E-state index contributed by atoms with van der Waals surface area (Å²) in [5.41, 5.74) is 4.12. The van der Waals surface area contributed by atoms with E-state index >= 15 is 0 Å². The van der Waals surface area contributed by atoms with Crippen molar-refractivity contribution in [3.05, 3.63) is 90.5 Å². The molecule has 10 atom stereocenters. The van der Waals surface area contributed by atoms with E-state index in [0.717, 1.165) is 113 Å². The summed E-state index contributed by atoms with van der Waals surface area (Å²) in [6.45, 7) is 26.0. The van der Waals surface area contributed by atoms with Crippen molar-refractivity contribution in [2.24, 2.45) is 47.3 Å². The largest absolute Gasteiger partial charge is 0.486 e. The number of ketones is 2. The zero-order valence-corrected chi connectivity index (χ0v) is 78.7. The molecule has 6 aliphatic carbocycles. The van der Waals surface area contributed by atoms with E-state index in [1.807, 2.05) is 12.2 Å². The monoisotopic (exact) mass is 1810 g/mol. The van der Waals surface area contributed by atoms with Gasteiger partial charge in [0.1, 0.15) is 11.0 Å². The molecule has 6 fully saturated rings. The molecule has 12 rings (SSSR count). The molecule has 10 unspecified atom stereocenters. The molecule has 121 heavy (non-hydrogen) atoms. The summed E-state index contributed by atoms with van der Waals surface area (Å²) in [6.07, 6.45) is 48.3. The Hall–Kier alpha value is -5.68. The van der Waals surface area contributed by atoms with Crippen molar-refractivity contribution < 1.29 is 38.1 Å². The Bertz CT molecular complexity index is 4400. The lowest BCUT2D eigenvalue weighted by Gasteiger charge is -2.32. The third-order valence-corrected chi connectivity index (χ3v) is 33.9. The Labute approximate surface area is 759 Å². The number of ether oxygens (including phenoxy) is 4. The number of nitriles is 2.